The van der Waals surface area contributed by atoms with Crippen LogP contribution in [0.1, 0.15) is 89.2 Å². The number of esters is 1. The Morgan fingerprint density at radius 3 is 2.03 bits per heavy atom. The number of hydrogen-bond donors (Lipinski definition) is 0. The van der Waals surface area contributed by atoms with Crippen LogP contribution in [0, 0.1) is 0 Å². The average molecular weight is 497 g/mol. The van der Waals surface area contributed by atoms with Gasteiger partial charge in [0, 0.05) is 5.56 Å². The fourth-order valence-corrected chi connectivity index (χ4v) is 4.38. The van der Waals surface area contributed by atoms with E-state index in [-0.39, 0.29) is 12.0 Å². The Balaban J connectivity index is 1.54. The van der Waals surface area contributed by atoms with E-state index in [0.717, 1.165) is 31.6 Å². The number of benzene rings is 2. The Hall–Kier alpha value is -2.33. The van der Waals surface area contributed by atoms with Gasteiger partial charge in [0.05, 0.1) is 27.3 Å². The summed E-state index contributed by atoms with van der Waals surface area (Å²) < 4.78 is 12.0. The summed E-state index contributed by atoms with van der Waals surface area (Å²) >= 11 is 0. The van der Waals surface area contributed by atoms with Crippen LogP contribution in [-0.2, 0) is 22.5 Å². The maximum Gasteiger partial charge on any atom is 0.364 e. The molecule has 0 amide bonds. The Kier molecular flexibility index (Phi) is 14.3. The Morgan fingerprint density at radius 2 is 1.36 bits per heavy atom. The monoisotopic (exact) mass is 496 g/mol. The maximum absolute atomic E-state index is 12.6. The number of nitrogens with zero attached hydrogens (tertiary/aromatic N) is 1. The SMILES string of the molecule is CCCCCCCCCCc1ccc(OCCCCOC(=O)C(C)[N+](C)(C)Cc2ccccc2)cc1. The van der Waals surface area contributed by atoms with Crippen molar-refractivity contribution >= 4 is 5.97 Å². The molecule has 0 N–H and O–H groups in total. The number of hydrogen-bond acceptors (Lipinski definition) is 3. The summed E-state index contributed by atoms with van der Waals surface area (Å²) in [6, 6.07) is 18.6. The molecule has 36 heavy (non-hydrogen) atoms. The zero-order valence-electron chi connectivity index (χ0n) is 23.3. The fourth-order valence-electron chi connectivity index (χ4n) is 4.38. The third-order valence-corrected chi connectivity index (χ3v) is 7.12. The summed E-state index contributed by atoms with van der Waals surface area (Å²) in [5.41, 5.74) is 2.61. The lowest BCUT2D eigenvalue weighted by Gasteiger charge is -2.34. The van der Waals surface area contributed by atoms with Crippen molar-refractivity contribution in [1.82, 2.24) is 0 Å². The molecule has 0 radical (unpaired) electrons. The van der Waals surface area contributed by atoms with E-state index in [1.54, 1.807) is 0 Å². The van der Waals surface area contributed by atoms with Gasteiger partial charge in [0.1, 0.15) is 12.3 Å². The highest BCUT2D eigenvalue weighted by Crippen LogP contribution is 2.17. The number of likely N-dealkylation sites (N-methyl/N-ethyl adjacent to an activating group) is 1. The second-order valence-corrected chi connectivity index (χ2v) is 10.7. The summed E-state index contributed by atoms with van der Waals surface area (Å²) in [6.07, 6.45) is 13.7. The molecule has 2 rings (SSSR count). The summed E-state index contributed by atoms with van der Waals surface area (Å²) in [5, 5.41) is 0. The first-order chi connectivity index (χ1) is 17.4. The highest BCUT2D eigenvalue weighted by molar-refractivity contribution is 5.74. The third kappa shape index (κ3) is 12.1. The van der Waals surface area contributed by atoms with Crippen LogP contribution >= 0.6 is 0 Å². The molecule has 0 heterocycles. The van der Waals surface area contributed by atoms with Crippen LogP contribution in [0.2, 0.25) is 0 Å². The van der Waals surface area contributed by atoms with E-state index >= 15 is 0 Å². The molecule has 0 aliphatic rings. The number of quaternary nitrogens is 1. The summed E-state index contributed by atoms with van der Waals surface area (Å²) in [4.78, 5) is 12.6. The number of aryl methyl sites for hydroxylation is 1. The van der Waals surface area contributed by atoms with E-state index in [4.69, 9.17) is 9.47 Å². The van der Waals surface area contributed by atoms with Gasteiger partial charge in [-0.2, -0.15) is 0 Å². The minimum atomic E-state index is -0.217. The molecular formula is C32H50NO3+. The third-order valence-electron chi connectivity index (χ3n) is 7.12. The minimum Gasteiger partial charge on any atom is -0.494 e. The van der Waals surface area contributed by atoms with E-state index in [1.807, 2.05) is 25.1 Å². The van der Waals surface area contributed by atoms with Crippen LogP contribution in [0.4, 0.5) is 0 Å². The van der Waals surface area contributed by atoms with Gasteiger partial charge < -0.3 is 14.0 Å². The highest BCUT2D eigenvalue weighted by Gasteiger charge is 2.32. The molecule has 0 fully saturated rings. The molecule has 4 heteroatoms. The van der Waals surface area contributed by atoms with Crippen molar-refractivity contribution in [2.75, 3.05) is 27.3 Å². The molecule has 0 aliphatic carbocycles. The smallest absolute Gasteiger partial charge is 0.364 e. The summed E-state index contributed by atoms with van der Waals surface area (Å²) in [7, 11) is 4.15. The van der Waals surface area contributed by atoms with Crippen molar-refractivity contribution in [1.29, 1.82) is 0 Å². The van der Waals surface area contributed by atoms with Crippen LogP contribution in [0.25, 0.3) is 0 Å². The van der Waals surface area contributed by atoms with Gasteiger partial charge in [-0.3, -0.25) is 0 Å². The van der Waals surface area contributed by atoms with Gasteiger partial charge in [-0.15, -0.1) is 0 Å². The van der Waals surface area contributed by atoms with Crippen molar-refractivity contribution in [3.05, 3.63) is 65.7 Å². The predicted octanol–water partition coefficient (Wildman–Crippen LogP) is 7.74. The first-order valence-corrected chi connectivity index (χ1v) is 14.2. The van der Waals surface area contributed by atoms with Gasteiger partial charge in [0.15, 0.2) is 6.04 Å². The molecule has 0 saturated carbocycles. The average Bonchev–Trinajstić information content (AvgIpc) is 2.88. The predicted molar refractivity (Wildman–Crippen MR) is 150 cm³/mol. The van der Waals surface area contributed by atoms with E-state index in [9.17, 15) is 4.79 Å². The van der Waals surface area contributed by atoms with Crippen molar-refractivity contribution in [3.8, 4) is 5.75 Å². The van der Waals surface area contributed by atoms with Crippen LogP contribution in [0.3, 0.4) is 0 Å². The lowest BCUT2D eigenvalue weighted by molar-refractivity contribution is -0.917. The summed E-state index contributed by atoms with van der Waals surface area (Å²) in [5.74, 6) is 0.782. The lowest BCUT2D eigenvalue weighted by Crippen LogP contribution is -2.51. The van der Waals surface area contributed by atoms with Gasteiger partial charge in [0.25, 0.3) is 0 Å². The summed E-state index contributed by atoms with van der Waals surface area (Å²) in [6.45, 7) is 6.09. The van der Waals surface area contributed by atoms with Crippen molar-refractivity contribution < 1.29 is 18.8 Å². The molecule has 200 valence electrons. The molecule has 0 spiro atoms. The van der Waals surface area contributed by atoms with Gasteiger partial charge in [-0.25, -0.2) is 4.79 Å². The van der Waals surface area contributed by atoms with Gasteiger partial charge in [0.2, 0.25) is 0 Å². The van der Waals surface area contributed by atoms with Crippen LogP contribution in [0.15, 0.2) is 54.6 Å². The molecule has 0 aliphatic heterocycles. The second-order valence-electron chi connectivity index (χ2n) is 10.7. The zero-order chi connectivity index (χ0) is 26.1. The lowest BCUT2D eigenvalue weighted by atomic mass is 10.0. The first kappa shape index (κ1) is 29.9. The molecule has 2 aromatic rings. The first-order valence-electron chi connectivity index (χ1n) is 14.2. The molecule has 0 saturated heterocycles. The Labute approximate surface area is 220 Å². The largest absolute Gasteiger partial charge is 0.494 e. The van der Waals surface area contributed by atoms with E-state index in [2.05, 4.69) is 57.4 Å². The molecule has 1 atom stereocenters. The topological polar surface area (TPSA) is 35.5 Å². The number of rotatable bonds is 19. The standard InChI is InChI=1S/C32H50NO3/c1-5-6-7-8-9-10-11-13-18-29-21-23-31(24-22-29)35-25-16-17-26-36-32(34)28(2)33(3,4)27-30-19-14-12-15-20-30/h12,14-15,19-24,28H,5-11,13,16-18,25-27H2,1-4H3/q+1. The van der Waals surface area contributed by atoms with Crippen LogP contribution in [-0.4, -0.2) is 43.8 Å². The Morgan fingerprint density at radius 1 is 0.750 bits per heavy atom. The number of carbonyl (C=O) groups excluding carboxylic acids is 1. The number of ether oxygens (including phenoxy) is 2. The van der Waals surface area contributed by atoms with Gasteiger partial charge in [-0.05, 0) is 50.3 Å². The molecule has 2 aromatic carbocycles. The maximum atomic E-state index is 12.6. The minimum absolute atomic E-state index is 0.135. The van der Waals surface area contributed by atoms with E-state index in [1.165, 1.54) is 62.5 Å². The normalized spacial score (nSPS) is 12.3. The zero-order valence-corrected chi connectivity index (χ0v) is 23.3. The van der Waals surface area contributed by atoms with E-state index < -0.39 is 0 Å². The molecular weight excluding hydrogens is 446 g/mol. The van der Waals surface area contributed by atoms with Crippen molar-refractivity contribution in [3.63, 3.8) is 0 Å². The van der Waals surface area contributed by atoms with Gasteiger partial charge in [-0.1, -0.05) is 94.3 Å². The van der Waals surface area contributed by atoms with E-state index in [0.29, 0.717) is 17.7 Å². The molecule has 0 bridgehead atoms. The van der Waals surface area contributed by atoms with Gasteiger partial charge >= 0.3 is 5.97 Å². The second kappa shape index (κ2) is 17.2. The van der Waals surface area contributed by atoms with Crippen LogP contribution < -0.4 is 4.74 Å². The van der Waals surface area contributed by atoms with Crippen molar-refractivity contribution in [2.24, 2.45) is 0 Å². The Bertz CT molecular complexity index is 832. The van der Waals surface area contributed by atoms with Crippen molar-refractivity contribution in [2.45, 2.75) is 97.1 Å². The quantitative estimate of drug-likeness (QED) is 0.113. The van der Waals surface area contributed by atoms with Crippen LogP contribution in [0.5, 0.6) is 5.75 Å². The molecule has 0 aromatic heterocycles. The molecule has 4 nitrogen and oxygen atoms in total. The molecule has 1 unspecified atom stereocenters. The highest BCUT2D eigenvalue weighted by atomic mass is 16.5. The number of unbranched alkanes of at least 4 members (excludes halogenated alkanes) is 8. The number of carbonyl (C=O) groups is 1. The fraction of sp³-hybridized carbons (Fsp3) is 0.594.